The largest absolute Gasteiger partial charge is 0.495 e. The summed E-state index contributed by atoms with van der Waals surface area (Å²) >= 11 is 7.41. The van der Waals surface area contributed by atoms with Gasteiger partial charge in [-0.25, -0.2) is 8.42 Å². The number of methoxy groups -OCH3 is 1. The Hall–Kier alpha value is -2.23. The number of ether oxygens (including phenoxy) is 1. The summed E-state index contributed by atoms with van der Waals surface area (Å²) in [5, 5.41) is 4.08. The topological polar surface area (TPSA) is 88.1 Å². The second-order valence-electron chi connectivity index (χ2n) is 7.41. The molecule has 0 spiro atoms. The molecule has 2 atom stereocenters. The molecule has 2 heterocycles. The number of nitrogens with zero attached hydrogens (tertiary/aromatic N) is 2. The van der Waals surface area contributed by atoms with E-state index in [2.05, 4.69) is 10.3 Å². The van der Waals surface area contributed by atoms with Crippen molar-refractivity contribution in [1.82, 2.24) is 0 Å². The Morgan fingerprint density at radius 2 is 2.03 bits per heavy atom. The molecule has 31 heavy (non-hydrogen) atoms. The Morgan fingerprint density at radius 1 is 1.26 bits per heavy atom. The first kappa shape index (κ1) is 22.0. The minimum absolute atomic E-state index is 0.0152. The molecule has 0 bridgehead atoms. The first-order valence-electron chi connectivity index (χ1n) is 9.67. The van der Waals surface area contributed by atoms with E-state index >= 15 is 0 Å². The number of aliphatic imine (C=N–C) groups is 1. The van der Waals surface area contributed by atoms with E-state index in [1.165, 1.54) is 11.8 Å². The zero-order chi connectivity index (χ0) is 22.2. The number of sulfone groups is 1. The van der Waals surface area contributed by atoms with E-state index in [9.17, 15) is 13.2 Å². The van der Waals surface area contributed by atoms with Crippen LogP contribution in [0.25, 0.3) is 0 Å². The number of nitrogens with one attached hydrogen (secondary N) is 1. The van der Waals surface area contributed by atoms with E-state index < -0.39 is 9.84 Å². The number of rotatable bonds is 5. The summed E-state index contributed by atoms with van der Waals surface area (Å²) in [6.07, 6.45) is 0. The molecule has 0 unspecified atom stereocenters. The van der Waals surface area contributed by atoms with Crippen molar-refractivity contribution in [3.8, 4) is 5.75 Å². The summed E-state index contributed by atoms with van der Waals surface area (Å²) in [6.45, 7) is 1.84. The number of fused-ring (bicyclic) bond motifs is 1. The lowest BCUT2D eigenvalue weighted by atomic mass is 10.1. The molecule has 2 aromatic carbocycles. The van der Waals surface area contributed by atoms with Crippen LogP contribution >= 0.6 is 23.4 Å². The standard InChI is InChI=1S/C21H22ClN3O4S2/c1-13-14(22)6-5-7-15(13)23-20(26)10-30-21-24-16-11-31(27,28)12-18(16)25(21)17-8-3-4-9-19(17)29-2/h3-9,16,18H,10-12H2,1-2H3,(H,23,26)/t16-,18+/m0/s1. The number of hydrogen-bond acceptors (Lipinski definition) is 7. The first-order valence-corrected chi connectivity index (χ1v) is 12.9. The average molecular weight is 480 g/mol. The molecule has 2 aromatic rings. The maximum atomic E-state index is 12.6. The van der Waals surface area contributed by atoms with E-state index in [1.807, 2.05) is 36.1 Å². The van der Waals surface area contributed by atoms with E-state index in [4.69, 9.17) is 16.3 Å². The van der Waals surface area contributed by atoms with Crippen molar-refractivity contribution in [2.24, 2.45) is 4.99 Å². The van der Waals surface area contributed by atoms with Crippen LogP contribution in [-0.4, -0.2) is 55.9 Å². The monoisotopic (exact) mass is 479 g/mol. The lowest BCUT2D eigenvalue weighted by Crippen LogP contribution is -2.39. The fourth-order valence-electron chi connectivity index (χ4n) is 3.80. The fraction of sp³-hybridized carbons (Fsp3) is 0.333. The molecule has 4 rings (SSSR count). The molecule has 1 fully saturated rings. The SMILES string of the molecule is COc1ccccc1N1C(SCC(=O)Nc2cccc(Cl)c2C)=N[C@H]2CS(=O)(=O)C[C@H]21. The molecule has 2 aliphatic heterocycles. The maximum Gasteiger partial charge on any atom is 0.234 e. The molecule has 1 amide bonds. The highest BCUT2D eigenvalue weighted by Crippen LogP contribution is 2.39. The quantitative estimate of drug-likeness (QED) is 0.707. The second-order valence-corrected chi connectivity index (χ2v) is 10.9. The highest BCUT2D eigenvalue weighted by atomic mass is 35.5. The first-order chi connectivity index (χ1) is 14.8. The predicted octanol–water partition coefficient (Wildman–Crippen LogP) is 3.37. The van der Waals surface area contributed by atoms with Gasteiger partial charge in [0.15, 0.2) is 15.0 Å². The molecule has 0 aliphatic carbocycles. The van der Waals surface area contributed by atoms with E-state index in [-0.39, 0.29) is 35.2 Å². The van der Waals surface area contributed by atoms with Crippen LogP contribution in [0.4, 0.5) is 11.4 Å². The zero-order valence-corrected chi connectivity index (χ0v) is 19.4. The Bertz CT molecular complexity index is 1150. The molecule has 164 valence electrons. The summed E-state index contributed by atoms with van der Waals surface area (Å²) in [5.41, 5.74) is 2.21. The Labute approximate surface area is 190 Å². The van der Waals surface area contributed by atoms with Crippen molar-refractivity contribution in [2.45, 2.75) is 19.0 Å². The molecule has 0 radical (unpaired) electrons. The Kier molecular flexibility index (Phi) is 6.18. The number of amides is 1. The van der Waals surface area contributed by atoms with Gasteiger partial charge < -0.3 is 15.0 Å². The number of halogens is 1. The maximum absolute atomic E-state index is 12.6. The molecule has 2 aliphatic rings. The Balaban J connectivity index is 1.54. The third-order valence-corrected chi connectivity index (χ3v) is 8.40. The van der Waals surface area contributed by atoms with Gasteiger partial charge in [-0.2, -0.15) is 0 Å². The van der Waals surface area contributed by atoms with Crippen molar-refractivity contribution >= 4 is 55.6 Å². The summed E-state index contributed by atoms with van der Waals surface area (Å²) in [6, 6.07) is 12.1. The second kappa shape index (κ2) is 8.72. The van der Waals surface area contributed by atoms with Gasteiger partial charge in [0.25, 0.3) is 0 Å². The van der Waals surface area contributed by atoms with E-state index in [0.29, 0.717) is 21.6 Å². The molecular weight excluding hydrogens is 458 g/mol. The van der Waals surface area contributed by atoms with Crippen LogP contribution in [0.1, 0.15) is 5.56 Å². The van der Waals surface area contributed by atoms with Crippen LogP contribution in [0.3, 0.4) is 0 Å². The number of carbonyl (C=O) groups excluding carboxylic acids is 1. The number of anilines is 2. The number of hydrogen-bond donors (Lipinski definition) is 1. The molecule has 1 saturated heterocycles. The van der Waals surface area contributed by atoms with Crippen molar-refractivity contribution in [3.63, 3.8) is 0 Å². The van der Waals surface area contributed by atoms with Crippen LogP contribution in [-0.2, 0) is 14.6 Å². The minimum atomic E-state index is -3.16. The molecule has 0 aromatic heterocycles. The van der Waals surface area contributed by atoms with Gasteiger partial charge >= 0.3 is 0 Å². The molecule has 10 heteroatoms. The summed E-state index contributed by atoms with van der Waals surface area (Å²) < 4.78 is 29.9. The zero-order valence-electron chi connectivity index (χ0n) is 17.0. The molecule has 7 nitrogen and oxygen atoms in total. The highest BCUT2D eigenvalue weighted by Gasteiger charge is 2.47. The number of thioether (sulfide) groups is 1. The summed E-state index contributed by atoms with van der Waals surface area (Å²) in [4.78, 5) is 19.1. The fourth-order valence-corrected chi connectivity index (χ4v) is 6.74. The van der Waals surface area contributed by atoms with Gasteiger partial charge in [-0.1, -0.05) is 41.6 Å². The van der Waals surface area contributed by atoms with E-state index in [0.717, 1.165) is 11.3 Å². The molecule has 0 saturated carbocycles. The van der Waals surface area contributed by atoms with Crippen LogP contribution in [0.5, 0.6) is 5.75 Å². The number of amidine groups is 1. The van der Waals surface area contributed by atoms with Gasteiger partial charge in [-0.15, -0.1) is 0 Å². The van der Waals surface area contributed by atoms with Crippen molar-refractivity contribution in [1.29, 1.82) is 0 Å². The third-order valence-electron chi connectivity index (χ3n) is 5.33. The number of benzene rings is 2. The molecule has 1 N–H and O–H groups in total. The predicted molar refractivity (Wildman–Crippen MR) is 126 cm³/mol. The molecular formula is C21H22ClN3O4S2. The van der Waals surface area contributed by atoms with Gasteiger partial charge in [0.1, 0.15) is 5.75 Å². The van der Waals surface area contributed by atoms with Gasteiger partial charge in [0, 0.05) is 10.7 Å². The third kappa shape index (κ3) is 4.53. The average Bonchev–Trinajstić information content (AvgIpc) is 3.20. The summed E-state index contributed by atoms with van der Waals surface area (Å²) in [5.74, 6) is 0.601. The van der Waals surface area contributed by atoms with Gasteiger partial charge in [0.05, 0.1) is 42.1 Å². The van der Waals surface area contributed by atoms with Gasteiger partial charge in [-0.3, -0.25) is 9.79 Å². The Morgan fingerprint density at radius 3 is 2.81 bits per heavy atom. The number of carbonyl (C=O) groups is 1. The minimum Gasteiger partial charge on any atom is -0.495 e. The van der Waals surface area contributed by atoms with Gasteiger partial charge in [-0.05, 0) is 36.8 Å². The lowest BCUT2D eigenvalue weighted by Gasteiger charge is -2.27. The lowest BCUT2D eigenvalue weighted by molar-refractivity contribution is -0.113. The normalized spacial score (nSPS) is 21.5. The van der Waals surface area contributed by atoms with Crippen LogP contribution in [0, 0.1) is 6.92 Å². The highest BCUT2D eigenvalue weighted by molar-refractivity contribution is 8.14. The summed E-state index contributed by atoms with van der Waals surface area (Å²) in [7, 11) is -1.59. The van der Waals surface area contributed by atoms with Crippen molar-refractivity contribution in [3.05, 3.63) is 53.1 Å². The van der Waals surface area contributed by atoms with Crippen molar-refractivity contribution < 1.29 is 17.9 Å². The number of para-hydroxylation sites is 2. The van der Waals surface area contributed by atoms with Gasteiger partial charge in [0.2, 0.25) is 5.91 Å². The smallest absolute Gasteiger partial charge is 0.234 e. The van der Waals surface area contributed by atoms with Crippen LogP contribution in [0.2, 0.25) is 5.02 Å². The van der Waals surface area contributed by atoms with Crippen molar-refractivity contribution in [2.75, 3.05) is 34.6 Å². The van der Waals surface area contributed by atoms with Crippen LogP contribution < -0.4 is 15.0 Å². The van der Waals surface area contributed by atoms with E-state index in [1.54, 1.807) is 25.3 Å². The van der Waals surface area contributed by atoms with Crippen LogP contribution in [0.15, 0.2) is 47.5 Å².